The molecular formula is C15H15ClFNO2S. The summed E-state index contributed by atoms with van der Waals surface area (Å²) in [4.78, 5) is 14.3. The zero-order chi connectivity index (χ0) is 15.4. The van der Waals surface area contributed by atoms with Crippen molar-refractivity contribution in [3.05, 3.63) is 56.5 Å². The van der Waals surface area contributed by atoms with Gasteiger partial charge in [0.05, 0.1) is 10.6 Å². The predicted octanol–water partition coefficient (Wildman–Crippen LogP) is 3.97. The standard InChI is InChI=1S/C15H15ClFNO2S/c1-9-3-6-14(21-9)13(20-2)8-18-15(19)11-5-4-10(17)7-12(11)16/h3-7,13H,8H2,1-2H3,(H,18,19)/t13-/m0/s1. The average Bonchev–Trinajstić information content (AvgIpc) is 2.86. The molecule has 112 valence electrons. The number of thiophene rings is 1. The van der Waals surface area contributed by atoms with Crippen LogP contribution in [0.15, 0.2) is 30.3 Å². The average molecular weight is 328 g/mol. The monoisotopic (exact) mass is 327 g/mol. The number of halogens is 2. The molecule has 1 amide bonds. The molecule has 0 aliphatic carbocycles. The highest BCUT2D eigenvalue weighted by Gasteiger charge is 2.16. The van der Waals surface area contributed by atoms with E-state index in [1.807, 2.05) is 19.1 Å². The van der Waals surface area contributed by atoms with Gasteiger partial charge in [-0.1, -0.05) is 11.6 Å². The lowest BCUT2D eigenvalue weighted by molar-refractivity contribution is 0.0838. The van der Waals surface area contributed by atoms with Gasteiger partial charge >= 0.3 is 0 Å². The van der Waals surface area contributed by atoms with Crippen molar-refractivity contribution >= 4 is 28.8 Å². The molecule has 0 bridgehead atoms. The zero-order valence-electron chi connectivity index (χ0n) is 11.7. The third-order valence-corrected chi connectivity index (χ3v) is 4.39. The molecule has 2 rings (SSSR count). The first-order chi connectivity index (χ1) is 10.0. The maximum Gasteiger partial charge on any atom is 0.252 e. The summed E-state index contributed by atoms with van der Waals surface area (Å²) in [6, 6.07) is 7.67. The number of hydrogen-bond acceptors (Lipinski definition) is 3. The highest BCUT2D eigenvalue weighted by Crippen LogP contribution is 2.25. The molecule has 0 spiro atoms. The van der Waals surface area contributed by atoms with Gasteiger partial charge in [-0.15, -0.1) is 11.3 Å². The van der Waals surface area contributed by atoms with Crippen molar-refractivity contribution in [3.63, 3.8) is 0 Å². The topological polar surface area (TPSA) is 38.3 Å². The molecule has 1 aromatic carbocycles. The molecular weight excluding hydrogens is 313 g/mol. The molecule has 21 heavy (non-hydrogen) atoms. The number of hydrogen-bond donors (Lipinski definition) is 1. The van der Waals surface area contributed by atoms with E-state index in [1.165, 1.54) is 17.0 Å². The Balaban J connectivity index is 2.02. The van der Waals surface area contributed by atoms with Crippen LogP contribution in [0.5, 0.6) is 0 Å². The Morgan fingerprint density at radius 3 is 2.76 bits per heavy atom. The second-order valence-electron chi connectivity index (χ2n) is 4.51. The summed E-state index contributed by atoms with van der Waals surface area (Å²) in [5, 5.41) is 2.84. The van der Waals surface area contributed by atoms with Crippen LogP contribution in [-0.2, 0) is 4.74 Å². The van der Waals surface area contributed by atoms with Crippen LogP contribution in [0, 0.1) is 12.7 Å². The summed E-state index contributed by atoms with van der Waals surface area (Å²) in [5.74, 6) is -0.823. The van der Waals surface area contributed by atoms with Gasteiger partial charge in [0, 0.05) is 23.4 Å². The summed E-state index contributed by atoms with van der Waals surface area (Å²) in [7, 11) is 1.59. The quantitative estimate of drug-likeness (QED) is 0.902. The van der Waals surface area contributed by atoms with E-state index in [9.17, 15) is 9.18 Å². The fourth-order valence-electron chi connectivity index (χ4n) is 1.88. The number of rotatable bonds is 5. The van der Waals surface area contributed by atoms with Gasteiger partial charge in [-0.05, 0) is 37.3 Å². The highest BCUT2D eigenvalue weighted by atomic mass is 35.5. The smallest absolute Gasteiger partial charge is 0.252 e. The van der Waals surface area contributed by atoms with Crippen molar-refractivity contribution in [2.24, 2.45) is 0 Å². The number of amides is 1. The summed E-state index contributed by atoms with van der Waals surface area (Å²) >= 11 is 7.48. The van der Waals surface area contributed by atoms with Gasteiger partial charge in [-0.3, -0.25) is 4.79 Å². The van der Waals surface area contributed by atoms with E-state index in [2.05, 4.69) is 5.32 Å². The molecule has 6 heteroatoms. The number of carbonyl (C=O) groups excluding carboxylic acids is 1. The second-order valence-corrected chi connectivity index (χ2v) is 6.23. The van der Waals surface area contributed by atoms with Gasteiger partial charge < -0.3 is 10.1 Å². The molecule has 0 saturated heterocycles. The first-order valence-electron chi connectivity index (χ1n) is 6.33. The van der Waals surface area contributed by atoms with Gasteiger partial charge in [-0.2, -0.15) is 0 Å². The Kier molecular flexibility index (Phi) is 5.33. The Morgan fingerprint density at radius 1 is 1.43 bits per heavy atom. The van der Waals surface area contributed by atoms with E-state index >= 15 is 0 Å². The number of aryl methyl sites for hydroxylation is 1. The van der Waals surface area contributed by atoms with Crippen molar-refractivity contribution < 1.29 is 13.9 Å². The summed E-state index contributed by atoms with van der Waals surface area (Å²) in [6.45, 7) is 2.33. The minimum absolute atomic E-state index is 0.0911. The minimum Gasteiger partial charge on any atom is -0.374 e. The van der Waals surface area contributed by atoms with Crippen molar-refractivity contribution in [3.8, 4) is 0 Å². The fourth-order valence-corrected chi connectivity index (χ4v) is 3.09. The molecule has 1 heterocycles. The van der Waals surface area contributed by atoms with Gasteiger partial charge in [0.1, 0.15) is 11.9 Å². The maximum absolute atomic E-state index is 13.0. The van der Waals surface area contributed by atoms with E-state index in [0.29, 0.717) is 6.54 Å². The van der Waals surface area contributed by atoms with E-state index in [4.69, 9.17) is 16.3 Å². The largest absolute Gasteiger partial charge is 0.374 e. The minimum atomic E-state index is -0.472. The molecule has 1 aromatic heterocycles. The van der Waals surface area contributed by atoms with Crippen molar-refractivity contribution in [2.75, 3.05) is 13.7 Å². The molecule has 3 nitrogen and oxygen atoms in total. The predicted molar refractivity (Wildman–Crippen MR) is 82.5 cm³/mol. The summed E-state index contributed by atoms with van der Waals surface area (Å²) < 4.78 is 18.4. The van der Waals surface area contributed by atoms with E-state index in [0.717, 1.165) is 10.9 Å². The summed E-state index contributed by atoms with van der Waals surface area (Å²) in [5.41, 5.74) is 0.246. The number of methoxy groups -OCH3 is 1. The molecule has 0 unspecified atom stereocenters. The van der Waals surface area contributed by atoms with Gasteiger partial charge in [-0.25, -0.2) is 4.39 Å². The molecule has 0 saturated carbocycles. The normalized spacial score (nSPS) is 12.2. The Labute approximate surface area is 131 Å². The second kappa shape index (κ2) is 7.02. The third-order valence-electron chi connectivity index (χ3n) is 2.99. The van der Waals surface area contributed by atoms with Crippen LogP contribution < -0.4 is 5.32 Å². The molecule has 2 aromatic rings. The fraction of sp³-hybridized carbons (Fsp3) is 0.267. The number of carbonyl (C=O) groups is 1. The lowest BCUT2D eigenvalue weighted by atomic mass is 10.2. The maximum atomic E-state index is 13.0. The SMILES string of the molecule is CO[C@@H](CNC(=O)c1ccc(F)cc1Cl)c1ccc(C)s1. The van der Waals surface area contributed by atoms with Gasteiger partial charge in [0.15, 0.2) is 0 Å². The lowest BCUT2D eigenvalue weighted by Gasteiger charge is -2.15. The zero-order valence-corrected chi connectivity index (χ0v) is 13.2. The van der Waals surface area contributed by atoms with Crippen LogP contribution in [-0.4, -0.2) is 19.6 Å². The van der Waals surface area contributed by atoms with Crippen LogP contribution in [0.25, 0.3) is 0 Å². The van der Waals surface area contributed by atoms with Gasteiger partial charge in [0.25, 0.3) is 5.91 Å². The first kappa shape index (κ1) is 15.9. The lowest BCUT2D eigenvalue weighted by Crippen LogP contribution is -2.29. The molecule has 0 aliphatic rings. The Hall–Kier alpha value is -1.43. The van der Waals surface area contributed by atoms with E-state index in [1.54, 1.807) is 18.4 Å². The highest BCUT2D eigenvalue weighted by molar-refractivity contribution is 7.12. The third kappa shape index (κ3) is 4.03. The molecule has 0 aliphatic heterocycles. The Bertz CT molecular complexity index is 644. The molecule has 1 N–H and O–H groups in total. The molecule has 0 radical (unpaired) electrons. The van der Waals surface area contributed by atoms with Crippen molar-refractivity contribution in [2.45, 2.75) is 13.0 Å². The van der Waals surface area contributed by atoms with Crippen LogP contribution >= 0.6 is 22.9 Å². The molecule has 0 fully saturated rings. The molecule has 1 atom stereocenters. The van der Waals surface area contributed by atoms with Crippen LogP contribution in [0.3, 0.4) is 0 Å². The van der Waals surface area contributed by atoms with E-state index < -0.39 is 5.82 Å². The summed E-state index contributed by atoms with van der Waals surface area (Å²) in [6.07, 6.45) is -0.216. The van der Waals surface area contributed by atoms with Crippen molar-refractivity contribution in [1.29, 1.82) is 0 Å². The number of benzene rings is 1. The van der Waals surface area contributed by atoms with Crippen LogP contribution in [0.1, 0.15) is 26.2 Å². The number of ether oxygens (including phenoxy) is 1. The first-order valence-corrected chi connectivity index (χ1v) is 7.53. The van der Waals surface area contributed by atoms with E-state index in [-0.39, 0.29) is 22.6 Å². The Morgan fingerprint density at radius 2 is 2.19 bits per heavy atom. The number of nitrogens with one attached hydrogen (secondary N) is 1. The van der Waals surface area contributed by atoms with Crippen LogP contribution in [0.2, 0.25) is 5.02 Å². The van der Waals surface area contributed by atoms with Crippen LogP contribution in [0.4, 0.5) is 4.39 Å². The van der Waals surface area contributed by atoms with Crippen molar-refractivity contribution in [1.82, 2.24) is 5.32 Å². The van der Waals surface area contributed by atoms with Gasteiger partial charge in [0.2, 0.25) is 0 Å².